The van der Waals surface area contributed by atoms with Crippen molar-refractivity contribution in [2.45, 2.75) is 58.1 Å². The zero-order chi connectivity index (χ0) is 36.2. The number of urea groups is 1. The molecular weight excluding hydrogens is 640 g/mol. The lowest BCUT2D eigenvalue weighted by atomic mass is 9.99. The van der Waals surface area contributed by atoms with Crippen LogP contribution in [-0.4, -0.2) is 84.7 Å². The number of aliphatic hydroxyl groups is 1. The summed E-state index contributed by atoms with van der Waals surface area (Å²) < 4.78 is 11.7. The first-order valence-electron chi connectivity index (χ1n) is 16.8. The number of amides is 5. The van der Waals surface area contributed by atoms with Gasteiger partial charge in [-0.1, -0.05) is 31.5 Å². The summed E-state index contributed by atoms with van der Waals surface area (Å²) in [4.78, 5) is 55.5. The fourth-order valence-electron chi connectivity index (χ4n) is 5.59. The maximum atomic E-state index is 13.8. The first-order chi connectivity index (χ1) is 24.0. The van der Waals surface area contributed by atoms with Gasteiger partial charge >= 0.3 is 6.03 Å². The van der Waals surface area contributed by atoms with Crippen LogP contribution >= 0.6 is 0 Å². The van der Waals surface area contributed by atoms with Crippen molar-refractivity contribution in [2.75, 3.05) is 55.5 Å². The number of nitrogens with two attached hydrogens (primary N) is 1. The van der Waals surface area contributed by atoms with Crippen molar-refractivity contribution in [3.05, 3.63) is 72.3 Å². The number of anilines is 4. The van der Waals surface area contributed by atoms with Gasteiger partial charge in [0, 0.05) is 38.0 Å². The highest BCUT2D eigenvalue weighted by Crippen LogP contribution is 2.35. The smallest absolute Gasteiger partial charge is 0.321 e. The van der Waals surface area contributed by atoms with Crippen LogP contribution in [0.2, 0.25) is 0 Å². The minimum atomic E-state index is -0.572. The average Bonchev–Trinajstić information content (AvgIpc) is 3.10. The zero-order valence-electron chi connectivity index (χ0n) is 29.1. The highest BCUT2D eigenvalue weighted by atomic mass is 16.5. The number of carbonyl (C=O) groups excluding carboxylic acids is 4. The Hall–Kier alpha value is -5.30. The van der Waals surface area contributed by atoms with Crippen molar-refractivity contribution in [3.63, 3.8) is 0 Å². The van der Waals surface area contributed by atoms with Gasteiger partial charge in [0.2, 0.25) is 11.8 Å². The molecule has 0 aromatic heterocycles. The lowest BCUT2D eigenvalue weighted by molar-refractivity contribution is -0.116. The van der Waals surface area contributed by atoms with Crippen molar-refractivity contribution in [1.29, 1.82) is 0 Å². The Morgan fingerprint density at radius 1 is 0.960 bits per heavy atom. The van der Waals surface area contributed by atoms with Gasteiger partial charge in [0.15, 0.2) is 5.75 Å². The van der Waals surface area contributed by atoms with Crippen molar-refractivity contribution < 1.29 is 33.8 Å². The van der Waals surface area contributed by atoms with Gasteiger partial charge in [0.1, 0.15) is 11.9 Å². The first kappa shape index (κ1) is 37.5. The predicted octanol–water partition coefficient (Wildman–Crippen LogP) is 5.19. The lowest BCUT2D eigenvalue weighted by Gasteiger charge is -2.38. The monoisotopic (exact) mass is 688 g/mol. The standard InChI is InChI=1S/C37H48N6O7/c1-24-21-43(25(2)23-44)36(47)28-11-10-14-31(41-34(46)16-7-5-6-15-33(45)40-30-13-9-8-12-29(30)38)35(28)50-32(24)22-42(3)37(48)39-26-17-19-27(49-4)20-18-26/h8-14,17-20,24-25,32,44H,5-7,15-16,21-23,38H2,1-4H3,(H,39,48)(H,40,45)(H,41,46)/t24-,25+,32+/m0/s1. The number of rotatable bonds is 14. The number of likely N-dealkylation sites (N-methyl/N-ethyl adjacent to an activating group) is 1. The second kappa shape index (κ2) is 17.9. The summed E-state index contributed by atoms with van der Waals surface area (Å²) in [6, 6.07) is 18.2. The summed E-state index contributed by atoms with van der Waals surface area (Å²) in [6.07, 6.45) is 1.74. The van der Waals surface area contributed by atoms with E-state index < -0.39 is 12.1 Å². The topological polar surface area (TPSA) is 176 Å². The van der Waals surface area contributed by atoms with Crippen molar-refractivity contribution in [1.82, 2.24) is 9.80 Å². The lowest BCUT2D eigenvalue weighted by Crippen LogP contribution is -2.50. The molecule has 3 atom stereocenters. The van der Waals surface area contributed by atoms with E-state index in [9.17, 15) is 24.3 Å². The molecule has 13 heteroatoms. The number of nitrogens with zero attached hydrogens (tertiary/aromatic N) is 2. The number of hydrogen-bond acceptors (Lipinski definition) is 8. The molecule has 6 N–H and O–H groups in total. The number of ether oxygens (including phenoxy) is 2. The highest BCUT2D eigenvalue weighted by Gasteiger charge is 2.35. The van der Waals surface area contributed by atoms with Gasteiger partial charge in [0.25, 0.3) is 5.91 Å². The van der Waals surface area contributed by atoms with Gasteiger partial charge in [-0.25, -0.2) is 4.79 Å². The average molecular weight is 689 g/mol. The van der Waals surface area contributed by atoms with Crippen LogP contribution in [0.15, 0.2) is 66.7 Å². The summed E-state index contributed by atoms with van der Waals surface area (Å²) in [6.45, 7) is 3.91. The van der Waals surface area contributed by atoms with Gasteiger partial charge in [-0.05, 0) is 68.3 Å². The van der Waals surface area contributed by atoms with E-state index in [0.717, 1.165) is 0 Å². The van der Waals surface area contributed by atoms with Crippen LogP contribution in [0.1, 0.15) is 56.3 Å². The molecule has 5 amide bonds. The molecule has 3 aromatic carbocycles. The van der Waals surface area contributed by atoms with E-state index in [1.54, 1.807) is 92.7 Å². The maximum Gasteiger partial charge on any atom is 0.321 e. The Kier molecular flexibility index (Phi) is 13.4. The Morgan fingerprint density at radius 2 is 1.60 bits per heavy atom. The SMILES string of the molecule is COc1ccc(NC(=O)N(C)C[C@H]2Oc3c(NC(=O)CCCCCC(=O)Nc4ccccc4N)cccc3C(=O)N([C@H](C)CO)C[C@@H]2C)cc1. The number of aliphatic hydroxyl groups excluding tert-OH is 1. The molecule has 3 aromatic rings. The molecule has 0 aliphatic carbocycles. The van der Waals surface area contributed by atoms with Crippen LogP contribution < -0.4 is 31.2 Å². The maximum absolute atomic E-state index is 13.8. The molecule has 1 aliphatic rings. The molecule has 268 valence electrons. The summed E-state index contributed by atoms with van der Waals surface area (Å²) >= 11 is 0. The summed E-state index contributed by atoms with van der Waals surface area (Å²) in [5, 5.41) is 18.6. The molecule has 0 bridgehead atoms. The summed E-state index contributed by atoms with van der Waals surface area (Å²) in [7, 11) is 3.22. The zero-order valence-corrected chi connectivity index (χ0v) is 29.1. The van der Waals surface area contributed by atoms with Crippen LogP contribution in [0.4, 0.5) is 27.5 Å². The Morgan fingerprint density at radius 3 is 2.24 bits per heavy atom. The van der Waals surface area contributed by atoms with Crippen molar-refractivity contribution >= 4 is 46.5 Å². The van der Waals surface area contributed by atoms with E-state index in [2.05, 4.69) is 16.0 Å². The fourth-order valence-corrected chi connectivity index (χ4v) is 5.59. The van der Waals surface area contributed by atoms with Gasteiger partial charge in [0.05, 0.1) is 48.9 Å². The summed E-state index contributed by atoms with van der Waals surface area (Å²) in [5.41, 5.74) is 8.14. The Labute approximate surface area is 293 Å². The van der Waals surface area contributed by atoms with Gasteiger partial charge < -0.3 is 46.1 Å². The molecule has 1 aliphatic heterocycles. The molecule has 50 heavy (non-hydrogen) atoms. The third-order valence-corrected chi connectivity index (χ3v) is 8.65. The molecule has 4 rings (SSSR count). The van der Waals surface area contributed by atoms with E-state index in [-0.39, 0.29) is 67.1 Å². The number of para-hydroxylation sites is 3. The van der Waals surface area contributed by atoms with E-state index in [0.29, 0.717) is 54.2 Å². The van der Waals surface area contributed by atoms with Crippen LogP contribution in [-0.2, 0) is 9.59 Å². The van der Waals surface area contributed by atoms with Crippen LogP contribution in [0.3, 0.4) is 0 Å². The van der Waals surface area contributed by atoms with E-state index in [1.807, 2.05) is 6.92 Å². The number of nitrogens with one attached hydrogen (secondary N) is 3. The number of nitrogen functional groups attached to an aromatic ring is 1. The minimum Gasteiger partial charge on any atom is -0.497 e. The number of fused-ring (bicyclic) bond motifs is 1. The first-order valence-corrected chi connectivity index (χ1v) is 16.8. The molecule has 13 nitrogen and oxygen atoms in total. The summed E-state index contributed by atoms with van der Waals surface area (Å²) in [5.74, 6) is -0.117. The molecule has 0 unspecified atom stereocenters. The van der Waals surface area contributed by atoms with Crippen molar-refractivity contribution in [2.24, 2.45) is 5.92 Å². The molecule has 0 saturated heterocycles. The van der Waals surface area contributed by atoms with E-state index >= 15 is 0 Å². The Bertz CT molecular complexity index is 1630. The molecule has 0 radical (unpaired) electrons. The fraction of sp³-hybridized carbons (Fsp3) is 0.405. The van der Waals surface area contributed by atoms with Gasteiger partial charge in [-0.15, -0.1) is 0 Å². The molecule has 1 heterocycles. The normalized spacial score (nSPS) is 16.2. The third-order valence-electron chi connectivity index (χ3n) is 8.65. The van der Waals surface area contributed by atoms with E-state index in [1.165, 1.54) is 4.90 Å². The highest BCUT2D eigenvalue weighted by molar-refractivity contribution is 6.01. The third kappa shape index (κ3) is 10.1. The second-order valence-electron chi connectivity index (χ2n) is 12.6. The minimum absolute atomic E-state index is 0.144. The largest absolute Gasteiger partial charge is 0.497 e. The quantitative estimate of drug-likeness (QED) is 0.114. The predicted molar refractivity (Wildman–Crippen MR) is 193 cm³/mol. The van der Waals surface area contributed by atoms with Crippen molar-refractivity contribution in [3.8, 4) is 11.5 Å². The molecule has 0 fully saturated rings. The molecule has 0 saturated carbocycles. The number of methoxy groups -OCH3 is 1. The van der Waals surface area contributed by atoms with Gasteiger partial charge in [-0.3, -0.25) is 14.4 Å². The van der Waals surface area contributed by atoms with Gasteiger partial charge in [-0.2, -0.15) is 0 Å². The Balaban J connectivity index is 1.42. The molecule has 0 spiro atoms. The number of unbranched alkanes of at least 4 members (excludes halogenated alkanes) is 2. The van der Waals surface area contributed by atoms with Crippen LogP contribution in [0.25, 0.3) is 0 Å². The van der Waals surface area contributed by atoms with E-state index in [4.69, 9.17) is 15.2 Å². The second-order valence-corrected chi connectivity index (χ2v) is 12.6. The number of benzene rings is 3. The van der Waals surface area contributed by atoms with Crippen LogP contribution in [0.5, 0.6) is 11.5 Å². The number of carbonyl (C=O) groups is 4. The molecular formula is C37H48N6O7. The number of hydrogen-bond donors (Lipinski definition) is 5. The van der Waals surface area contributed by atoms with Crippen LogP contribution in [0, 0.1) is 5.92 Å².